The normalized spacial score (nSPS) is 27.5. The van der Waals surface area contributed by atoms with E-state index in [4.69, 9.17) is 12.2 Å². The van der Waals surface area contributed by atoms with Gasteiger partial charge < -0.3 is 5.32 Å². The first kappa shape index (κ1) is 12.5. The van der Waals surface area contributed by atoms with E-state index in [0.717, 1.165) is 25.6 Å². The van der Waals surface area contributed by atoms with Crippen LogP contribution in [0.4, 0.5) is 0 Å². The van der Waals surface area contributed by atoms with Crippen molar-refractivity contribution in [3.8, 4) is 0 Å². The zero-order valence-corrected chi connectivity index (χ0v) is 11.4. The molecule has 2 aliphatic rings. The topological polar surface area (TPSA) is 15.3 Å². The molecule has 2 nitrogen and oxygen atoms in total. The molecule has 1 N–H and O–H groups in total. The van der Waals surface area contributed by atoms with Crippen LogP contribution >= 0.6 is 12.2 Å². The molecule has 3 heteroatoms. The Labute approximate surface area is 105 Å². The second kappa shape index (κ2) is 5.56. The van der Waals surface area contributed by atoms with E-state index in [-0.39, 0.29) is 0 Å². The van der Waals surface area contributed by atoms with Gasteiger partial charge in [-0.05, 0) is 33.1 Å². The lowest BCUT2D eigenvalue weighted by Crippen LogP contribution is -2.47. The summed E-state index contributed by atoms with van der Waals surface area (Å²) in [6, 6.07) is 1.93. The fourth-order valence-electron chi connectivity index (χ4n) is 3.05. The van der Waals surface area contributed by atoms with Gasteiger partial charge in [-0.1, -0.05) is 25.1 Å². The fraction of sp³-hybridized carbons (Fsp3) is 0.923. The van der Waals surface area contributed by atoms with Crippen molar-refractivity contribution in [2.75, 3.05) is 13.1 Å². The molecule has 1 aliphatic heterocycles. The van der Waals surface area contributed by atoms with Gasteiger partial charge in [0.15, 0.2) is 0 Å². The SMILES string of the molecule is CC(C)N(CC1NCCC1=S)C1CCCC1. The molecule has 1 heterocycles. The van der Waals surface area contributed by atoms with Gasteiger partial charge >= 0.3 is 0 Å². The number of rotatable bonds is 4. The van der Waals surface area contributed by atoms with Crippen LogP contribution in [0.3, 0.4) is 0 Å². The van der Waals surface area contributed by atoms with Crippen molar-refractivity contribution in [2.45, 2.75) is 64.1 Å². The standard InChI is InChI=1S/C13H24N2S/c1-10(2)15(11-5-3-4-6-11)9-12-13(16)7-8-14-12/h10-12,14H,3-9H2,1-2H3. The van der Waals surface area contributed by atoms with E-state index in [9.17, 15) is 0 Å². The molecule has 0 aromatic rings. The largest absolute Gasteiger partial charge is 0.308 e. The lowest BCUT2D eigenvalue weighted by molar-refractivity contribution is 0.150. The maximum absolute atomic E-state index is 5.43. The summed E-state index contributed by atoms with van der Waals surface area (Å²) in [5.41, 5.74) is 0. The molecule has 1 saturated carbocycles. The Hall–Kier alpha value is 0.01000. The van der Waals surface area contributed by atoms with Crippen molar-refractivity contribution < 1.29 is 0 Å². The van der Waals surface area contributed by atoms with Crippen LogP contribution in [0.25, 0.3) is 0 Å². The van der Waals surface area contributed by atoms with Gasteiger partial charge in [0.1, 0.15) is 0 Å². The van der Waals surface area contributed by atoms with E-state index in [0.29, 0.717) is 12.1 Å². The Balaban J connectivity index is 1.94. The number of hydrogen-bond donors (Lipinski definition) is 1. The Morgan fingerprint density at radius 1 is 1.38 bits per heavy atom. The molecule has 1 saturated heterocycles. The summed E-state index contributed by atoms with van der Waals surface area (Å²) in [5, 5.41) is 3.53. The lowest BCUT2D eigenvalue weighted by atomic mass is 10.1. The van der Waals surface area contributed by atoms with Gasteiger partial charge in [0.25, 0.3) is 0 Å². The smallest absolute Gasteiger partial charge is 0.0514 e. The highest BCUT2D eigenvalue weighted by Gasteiger charge is 2.29. The van der Waals surface area contributed by atoms with Crippen LogP contribution in [-0.2, 0) is 0 Å². The molecule has 1 aliphatic carbocycles. The van der Waals surface area contributed by atoms with Gasteiger partial charge in [-0.3, -0.25) is 4.90 Å². The number of nitrogens with zero attached hydrogens (tertiary/aromatic N) is 1. The fourth-order valence-corrected chi connectivity index (χ4v) is 3.31. The van der Waals surface area contributed by atoms with Gasteiger partial charge in [0.05, 0.1) is 6.04 Å². The van der Waals surface area contributed by atoms with Crippen LogP contribution in [0.15, 0.2) is 0 Å². The Morgan fingerprint density at radius 2 is 2.06 bits per heavy atom. The highest BCUT2D eigenvalue weighted by Crippen LogP contribution is 2.25. The Morgan fingerprint density at radius 3 is 2.56 bits per heavy atom. The van der Waals surface area contributed by atoms with E-state index in [2.05, 4.69) is 24.1 Å². The maximum Gasteiger partial charge on any atom is 0.0514 e. The minimum atomic E-state index is 0.470. The average molecular weight is 240 g/mol. The first-order valence-electron chi connectivity index (χ1n) is 6.70. The molecule has 0 amide bonds. The zero-order chi connectivity index (χ0) is 11.5. The molecule has 2 fully saturated rings. The molecule has 16 heavy (non-hydrogen) atoms. The summed E-state index contributed by atoms with van der Waals surface area (Å²) >= 11 is 5.43. The molecular weight excluding hydrogens is 216 g/mol. The van der Waals surface area contributed by atoms with Crippen LogP contribution in [-0.4, -0.2) is 41.0 Å². The third-order valence-corrected chi connectivity index (χ3v) is 4.49. The zero-order valence-electron chi connectivity index (χ0n) is 10.5. The minimum Gasteiger partial charge on any atom is -0.308 e. The van der Waals surface area contributed by atoms with Crippen molar-refractivity contribution >= 4 is 17.1 Å². The number of nitrogens with one attached hydrogen (secondary N) is 1. The van der Waals surface area contributed by atoms with Crippen LogP contribution in [0.1, 0.15) is 46.0 Å². The van der Waals surface area contributed by atoms with Gasteiger partial charge in [-0.25, -0.2) is 0 Å². The first-order chi connectivity index (χ1) is 7.68. The number of hydrogen-bond acceptors (Lipinski definition) is 3. The lowest BCUT2D eigenvalue weighted by Gasteiger charge is -2.34. The molecule has 1 atom stereocenters. The molecule has 92 valence electrons. The highest BCUT2D eigenvalue weighted by molar-refractivity contribution is 7.80. The van der Waals surface area contributed by atoms with Crippen molar-refractivity contribution in [3.63, 3.8) is 0 Å². The van der Waals surface area contributed by atoms with Crippen LogP contribution < -0.4 is 5.32 Å². The quantitative estimate of drug-likeness (QED) is 0.760. The summed E-state index contributed by atoms with van der Waals surface area (Å²) in [6.45, 7) is 6.84. The van der Waals surface area contributed by atoms with Crippen molar-refractivity contribution in [2.24, 2.45) is 0 Å². The van der Waals surface area contributed by atoms with Crippen molar-refractivity contribution in [1.82, 2.24) is 10.2 Å². The Kier molecular flexibility index (Phi) is 4.34. The predicted octanol–water partition coefficient (Wildman–Crippen LogP) is 2.37. The maximum atomic E-state index is 5.43. The van der Waals surface area contributed by atoms with Gasteiger partial charge in [0.2, 0.25) is 0 Å². The Bertz CT molecular complexity index is 246. The van der Waals surface area contributed by atoms with Crippen LogP contribution in [0, 0.1) is 0 Å². The molecular formula is C13H24N2S. The van der Waals surface area contributed by atoms with E-state index < -0.39 is 0 Å². The number of thiocarbonyl (C=S) groups is 1. The third-order valence-electron chi connectivity index (χ3n) is 4.00. The average Bonchev–Trinajstić information content (AvgIpc) is 2.85. The van der Waals surface area contributed by atoms with E-state index >= 15 is 0 Å². The molecule has 2 rings (SSSR count). The highest BCUT2D eigenvalue weighted by atomic mass is 32.1. The van der Waals surface area contributed by atoms with Crippen molar-refractivity contribution in [1.29, 1.82) is 0 Å². The molecule has 1 unspecified atom stereocenters. The molecule has 0 aromatic carbocycles. The third kappa shape index (κ3) is 2.82. The molecule has 0 radical (unpaired) electrons. The molecule has 0 spiro atoms. The summed E-state index contributed by atoms with van der Waals surface area (Å²) < 4.78 is 0. The van der Waals surface area contributed by atoms with Gasteiger partial charge in [-0.15, -0.1) is 0 Å². The second-order valence-corrected chi connectivity index (χ2v) is 5.98. The van der Waals surface area contributed by atoms with Crippen molar-refractivity contribution in [3.05, 3.63) is 0 Å². The van der Waals surface area contributed by atoms with Crippen LogP contribution in [0.5, 0.6) is 0 Å². The predicted molar refractivity (Wildman–Crippen MR) is 73.1 cm³/mol. The monoisotopic (exact) mass is 240 g/mol. The molecule has 0 aromatic heterocycles. The van der Waals surface area contributed by atoms with E-state index in [1.807, 2.05) is 0 Å². The summed E-state index contributed by atoms with van der Waals surface area (Å²) in [5.74, 6) is 0. The van der Waals surface area contributed by atoms with Gasteiger partial charge in [0, 0.05) is 30.0 Å². The van der Waals surface area contributed by atoms with Crippen LogP contribution in [0.2, 0.25) is 0 Å². The first-order valence-corrected chi connectivity index (χ1v) is 7.11. The summed E-state index contributed by atoms with van der Waals surface area (Å²) in [6.07, 6.45) is 6.69. The van der Waals surface area contributed by atoms with Gasteiger partial charge in [-0.2, -0.15) is 0 Å². The minimum absolute atomic E-state index is 0.470. The van der Waals surface area contributed by atoms with E-state index in [1.54, 1.807) is 0 Å². The second-order valence-electron chi connectivity index (χ2n) is 5.45. The summed E-state index contributed by atoms with van der Waals surface area (Å²) in [7, 11) is 0. The van der Waals surface area contributed by atoms with E-state index in [1.165, 1.54) is 30.5 Å². The summed E-state index contributed by atoms with van der Waals surface area (Å²) in [4.78, 5) is 3.91. The molecule has 0 bridgehead atoms.